The van der Waals surface area contributed by atoms with Gasteiger partial charge in [0, 0.05) is 0 Å². The van der Waals surface area contributed by atoms with Gasteiger partial charge in [-0.1, -0.05) is 192 Å². The molecule has 0 aromatic heterocycles. The Bertz CT molecular complexity index is 464. The molecule has 0 bridgehead atoms. The summed E-state index contributed by atoms with van der Waals surface area (Å²) in [7, 11) is -1.77. The highest BCUT2D eigenvalue weighted by Gasteiger charge is 2.03. The lowest BCUT2D eigenvalue weighted by atomic mass is 10.0. The van der Waals surface area contributed by atoms with Gasteiger partial charge < -0.3 is 13.9 Å². The van der Waals surface area contributed by atoms with Gasteiger partial charge in [-0.2, -0.15) is 0 Å². The third-order valence-corrected chi connectivity index (χ3v) is 8.58. The molecule has 0 fully saturated rings. The zero-order valence-corrected chi connectivity index (χ0v) is 28.1. The van der Waals surface area contributed by atoms with Crippen LogP contribution in [-0.2, 0) is 9.05 Å². The first-order chi connectivity index (χ1) is 19.8. The molecule has 0 heterocycles. The number of hydrogen-bond acceptors (Lipinski definition) is 3. The van der Waals surface area contributed by atoms with Gasteiger partial charge in [-0.3, -0.25) is 0 Å². The standard InChI is InChI=1S/C36H71O3P/c1-3-5-7-9-11-13-15-17-19-21-23-25-27-29-31-33-35-38-40(37)39-36-34-32-30-28-26-24-22-20-18-16-14-12-10-8-6-4-2/h31-34,37H,3-30,35-36H2,1-2H3/b33-31+,34-32+. The summed E-state index contributed by atoms with van der Waals surface area (Å²) < 4.78 is 10.7. The summed E-state index contributed by atoms with van der Waals surface area (Å²) in [5, 5.41) is 0. The van der Waals surface area contributed by atoms with Crippen LogP contribution in [0, 0.1) is 0 Å². The summed E-state index contributed by atoms with van der Waals surface area (Å²) >= 11 is 0. The van der Waals surface area contributed by atoms with E-state index >= 15 is 0 Å². The molecule has 0 atom stereocenters. The molecule has 40 heavy (non-hydrogen) atoms. The van der Waals surface area contributed by atoms with E-state index in [1.165, 1.54) is 167 Å². The highest BCUT2D eigenvalue weighted by Crippen LogP contribution is 2.32. The van der Waals surface area contributed by atoms with Gasteiger partial charge in [-0.15, -0.1) is 0 Å². The lowest BCUT2D eigenvalue weighted by Gasteiger charge is -2.07. The Balaban J connectivity index is 3.26. The van der Waals surface area contributed by atoms with Crippen molar-refractivity contribution < 1.29 is 13.9 Å². The molecule has 0 spiro atoms. The van der Waals surface area contributed by atoms with E-state index in [-0.39, 0.29) is 0 Å². The molecular formula is C36H71O3P. The zero-order valence-electron chi connectivity index (χ0n) is 27.2. The van der Waals surface area contributed by atoms with Gasteiger partial charge in [0.2, 0.25) is 0 Å². The Hall–Kier alpha value is -0.210. The summed E-state index contributed by atoms with van der Waals surface area (Å²) in [5.41, 5.74) is 0. The van der Waals surface area contributed by atoms with Crippen molar-refractivity contribution in [1.29, 1.82) is 0 Å². The van der Waals surface area contributed by atoms with E-state index < -0.39 is 8.60 Å². The summed E-state index contributed by atoms with van der Waals surface area (Å²) in [4.78, 5) is 9.85. The van der Waals surface area contributed by atoms with Crippen LogP contribution in [0.5, 0.6) is 0 Å². The first-order valence-electron chi connectivity index (χ1n) is 17.9. The quantitative estimate of drug-likeness (QED) is 0.0466. The molecule has 0 rings (SSSR count). The number of allylic oxidation sites excluding steroid dienone is 2. The van der Waals surface area contributed by atoms with E-state index in [1.807, 2.05) is 12.2 Å². The SMILES string of the molecule is CCCCCCCCCCCCCCC/C=C/COP(O)OC/C=C/CCCCCCCCCCCCCCC. The van der Waals surface area contributed by atoms with Crippen molar-refractivity contribution in [1.82, 2.24) is 0 Å². The van der Waals surface area contributed by atoms with E-state index in [0.29, 0.717) is 13.2 Å². The highest BCUT2D eigenvalue weighted by atomic mass is 31.2. The molecule has 0 aliphatic rings. The topological polar surface area (TPSA) is 38.7 Å². The molecular weight excluding hydrogens is 511 g/mol. The Labute approximate surface area is 253 Å². The van der Waals surface area contributed by atoms with Gasteiger partial charge in [0.25, 0.3) is 0 Å². The molecule has 238 valence electrons. The second-order valence-electron chi connectivity index (χ2n) is 11.8. The minimum absolute atomic E-state index is 0.434. The lowest BCUT2D eigenvalue weighted by Crippen LogP contribution is -1.91. The molecule has 3 nitrogen and oxygen atoms in total. The van der Waals surface area contributed by atoms with Gasteiger partial charge in [-0.05, 0) is 25.7 Å². The number of unbranched alkanes of at least 4 members (excludes halogenated alkanes) is 26. The molecule has 0 amide bonds. The molecule has 1 N–H and O–H groups in total. The zero-order chi connectivity index (χ0) is 29.0. The van der Waals surface area contributed by atoms with Crippen molar-refractivity contribution in [3.63, 3.8) is 0 Å². The summed E-state index contributed by atoms with van der Waals surface area (Å²) in [5.74, 6) is 0. The number of hydrogen-bond donors (Lipinski definition) is 1. The van der Waals surface area contributed by atoms with Crippen LogP contribution in [0.3, 0.4) is 0 Å². The Kier molecular flexibility index (Phi) is 36.6. The van der Waals surface area contributed by atoms with Gasteiger partial charge in [0.05, 0.1) is 13.2 Å². The van der Waals surface area contributed by atoms with Gasteiger partial charge in [-0.25, -0.2) is 0 Å². The smallest absolute Gasteiger partial charge is 0.328 e. The largest absolute Gasteiger partial charge is 0.330 e. The highest BCUT2D eigenvalue weighted by molar-refractivity contribution is 7.40. The van der Waals surface area contributed by atoms with E-state index in [2.05, 4.69) is 26.0 Å². The van der Waals surface area contributed by atoms with Gasteiger partial charge >= 0.3 is 8.60 Å². The summed E-state index contributed by atoms with van der Waals surface area (Å²) in [6, 6.07) is 0. The normalized spacial score (nSPS) is 12.1. The summed E-state index contributed by atoms with van der Waals surface area (Å²) in [6.07, 6.45) is 46.8. The number of rotatable bonds is 34. The third kappa shape index (κ3) is 35.8. The maximum atomic E-state index is 9.85. The molecule has 0 aromatic rings. The molecule has 0 aliphatic carbocycles. The minimum atomic E-state index is -1.77. The van der Waals surface area contributed by atoms with Crippen molar-refractivity contribution in [2.75, 3.05) is 13.2 Å². The van der Waals surface area contributed by atoms with Gasteiger partial charge in [0.1, 0.15) is 0 Å². The molecule has 0 saturated carbocycles. The van der Waals surface area contributed by atoms with Gasteiger partial charge in [0.15, 0.2) is 0 Å². The summed E-state index contributed by atoms with van der Waals surface area (Å²) in [6.45, 7) is 5.44. The predicted molar refractivity (Wildman–Crippen MR) is 180 cm³/mol. The van der Waals surface area contributed by atoms with Crippen LogP contribution in [0.4, 0.5) is 0 Å². The molecule has 0 saturated heterocycles. The van der Waals surface area contributed by atoms with E-state index in [1.54, 1.807) is 0 Å². The second-order valence-corrected chi connectivity index (χ2v) is 12.8. The monoisotopic (exact) mass is 583 g/mol. The van der Waals surface area contributed by atoms with Crippen LogP contribution in [0.2, 0.25) is 0 Å². The van der Waals surface area contributed by atoms with Crippen molar-refractivity contribution in [2.24, 2.45) is 0 Å². The second kappa shape index (κ2) is 36.8. The van der Waals surface area contributed by atoms with E-state index in [4.69, 9.17) is 9.05 Å². The lowest BCUT2D eigenvalue weighted by molar-refractivity contribution is 0.232. The van der Waals surface area contributed by atoms with E-state index in [9.17, 15) is 4.89 Å². The Morgan fingerprint density at radius 3 is 0.900 bits per heavy atom. The maximum Gasteiger partial charge on any atom is 0.330 e. The average Bonchev–Trinajstić information content (AvgIpc) is 2.96. The van der Waals surface area contributed by atoms with Crippen LogP contribution in [0.1, 0.15) is 194 Å². The third-order valence-electron chi connectivity index (χ3n) is 7.84. The molecule has 4 heteroatoms. The van der Waals surface area contributed by atoms with Crippen LogP contribution in [0.15, 0.2) is 24.3 Å². The van der Waals surface area contributed by atoms with Crippen molar-refractivity contribution in [3.05, 3.63) is 24.3 Å². The first-order valence-corrected chi connectivity index (χ1v) is 19.0. The van der Waals surface area contributed by atoms with Crippen LogP contribution in [0.25, 0.3) is 0 Å². The fourth-order valence-corrected chi connectivity index (χ4v) is 5.68. The average molecular weight is 583 g/mol. The Morgan fingerprint density at radius 2 is 0.625 bits per heavy atom. The van der Waals surface area contributed by atoms with Crippen molar-refractivity contribution in [3.8, 4) is 0 Å². The molecule has 0 aliphatic heterocycles. The van der Waals surface area contributed by atoms with Crippen LogP contribution < -0.4 is 0 Å². The van der Waals surface area contributed by atoms with Crippen LogP contribution >= 0.6 is 8.60 Å². The van der Waals surface area contributed by atoms with Crippen LogP contribution in [-0.4, -0.2) is 18.1 Å². The Morgan fingerprint density at radius 1 is 0.375 bits per heavy atom. The minimum Gasteiger partial charge on any atom is -0.328 e. The predicted octanol–water partition coefficient (Wildman–Crippen LogP) is 13.3. The fraction of sp³-hybridized carbons (Fsp3) is 0.889. The molecule has 0 unspecified atom stereocenters. The van der Waals surface area contributed by atoms with Crippen molar-refractivity contribution >= 4 is 8.60 Å². The molecule has 0 radical (unpaired) electrons. The van der Waals surface area contributed by atoms with E-state index in [0.717, 1.165) is 12.8 Å². The molecule has 0 aromatic carbocycles. The fourth-order valence-electron chi connectivity index (χ4n) is 5.18. The first kappa shape index (κ1) is 39.8. The van der Waals surface area contributed by atoms with Crippen molar-refractivity contribution in [2.45, 2.75) is 194 Å². The maximum absolute atomic E-state index is 9.85.